The molecular formula is C15H13ClN4O3. The number of halogens is 1. The summed E-state index contributed by atoms with van der Waals surface area (Å²) in [5, 5.41) is 11.7. The summed E-state index contributed by atoms with van der Waals surface area (Å²) in [6, 6.07) is 7.21. The Morgan fingerprint density at radius 1 is 1.30 bits per heavy atom. The normalized spacial score (nSPS) is 10.9. The molecule has 7 nitrogen and oxygen atoms in total. The van der Waals surface area contributed by atoms with E-state index < -0.39 is 4.92 Å². The lowest BCUT2D eigenvalue weighted by Gasteiger charge is -2.00. The highest BCUT2D eigenvalue weighted by molar-refractivity contribution is 6.30. The zero-order valence-corrected chi connectivity index (χ0v) is 13.2. The van der Waals surface area contributed by atoms with Crippen LogP contribution in [0, 0.1) is 24.0 Å². The third-order valence-corrected chi connectivity index (χ3v) is 3.71. The van der Waals surface area contributed by atoms with E-state index in [9.17, 15) is 10.1 Å². The quantitative estimate of drug-likeness (QED) is 0.536. The molecule has 118 valence electrons. The minimum absolute atomic E-state index is 0.0913. The second-order valence-electron chi connectivity index (χ2n) is 5.04. The molecule has 8 heteroatoms. The second-order valence-corrected chi connectivity index (χ2v) is 5.47. The van der Waals surface area contributed by atoms with Gasteiger partial charge in [0.1, 0.15) is 6.20 Å². The number of hydrogen-bond acceptors (Lipinski definition) is 5. The molecule has 2 aromatic heterocycles. The van der Waals surface area contributed by atoms with Crippen molar-refractivity contribution < 1.29 is 9.34 Å². The van der Waals surface area contributed by atoms with Crippen LogP contribution in [-0.2, 0) is 6.54 Å². The fourth-order valence-corrected chi connectivity index (χ4v) is 2.45. The van der Waals surface area contributed by atoms with Crippen LogP contribution in [0.3, 0.4) is 0 Å². The van der Waals surface area contributed by atoms with E-state index in [4.69, 9.17) is 16.0 Å². The van der Waals surface area contributed by atoms with Gasteiger partial charge in [0.25, 0.3) is 0 Å². The van der Waals surface area contributed by atoms with Crippen molar-refractivity contribution in [3.63, 3.8) is 0 Å². The van der Waals surface area contributed by atoms with Crippen LogP contribution in [0.25, 0.3) is 11.3 Å². The molecule has 1 aromatic carbocycles. The highest BCUT2D eigenvalue weighted by Gasteiger charge is 2.21. The van der Waals surface area contributed by atoms with Gasteiger partial charge in [-0.25, -0.2) is 14.5 Å². The zero-order chi connectivity index (χ0) is 16.6. The Morgan fingerprint density at radius 3 is 2.65 bits per heavy atom. The third kappa shape index (κ3) is 2.95. The van der Waals surface area contributed by atoms with Gasteiger partial charge in [-0.05, 0) is 36.1 Å². The van der Waals surface area contributed by atoms with Crippen LogP contribution in [0.1, 0.15) is 17.4 Å². The van der Waals surface area contributed by atoms with Crippen molar-refractivity contribution in [3.8, 4) is 11.3 Å². The van der Waals surface area contributed by atoms with E-state index in [0.29, 0.717) is 28.2 Å². The lowest BCUT2D eigenvalue weighted by Crippen LogP contribution is -2.06. The first-order chi connectivity index (χ1) is 11.0. The molecular weight excluding hydrogens is 320 g/mol. The van der Waals surface area contributed by atoms with E-state index in [-0.39, 0.29) is 12.4 Å². The predicted molar refractivity (Wildman–Crippen MR) is 84.4 cm³/mol. The average molecular weight is 333 g/mol. The molecule has 0 saturated heterocycles. The molecule has 0 aliphatic heterocycles. The largest absolute Gasteiger partial charge is 0.436 e. The Morgan fingerprint density at radius 2 is 2.00 bits per heavy atom. The number of hydrogen-bond donors (Lipinski definition) is 0. The molecule has 23 heavy (non-hydrogen) atoms. The van der Waals surface area contributed by atoms with Gasteiger partial charge in [-0.1, -0.05) is 11.6 Å². The molecule has 0 aliphatic carbocycles. The van der Waals surface area contributed by atoms with Gasteiger partial charge in [0.2, 0.25) is 5.89 Å². The molecule has 3 rings (SSSR count). The Kier molecular flexibility index (Phi) is 3.87. The van der Waals surface area contributed by atoms with Crippen LogP contribution in [-0.4, -0.2) is 19.5 Å². The number of oxazole rings is 1. The number of aryl methyl sites for hydroxylation is 2. The van der Waals surface area contributed by atoms with Crippen molar-refractivity contribution >= 4 is 17.4 Å². The summed E-state index contributed by atoms with van der Waals surface area (Å²) in [6.07, 6.45) is 1.23. The minimum atomic E-state index is -0.476. The lowest BCUT2D eigenvalue weighted by atomic mass is 10.1. The lowest BCUT2D eigenvalue weighted by molar-refractivity contribution is -0.392. The van der Waals surface area contributed by atoms with Crippen molar-refractivity contribution in [1.82, 2.24) is 14.5 Å². The number of aromatic nitrogens is 3. The average Bonchev–Trinajstić information content (AvgIpc) is 3.04. The van der Waals surface area contributed by atoms with E-state index in [1.165, 1.54) is 10.8 Å². The van der Waals surface area contributed by atoms with Gasteiger partial charge in [-0.2, -0.15) is 0 Å². The maximum Gasteiger partial charge on any atom is 0.343 e. The molecule has 0 fully saturated rings. The minimum Gasteiger partial charge on any atom is -0.436 e. The number of nitro groups is 1. The molecule has 0 radical (unpaired) electrons. The second kappa shape index (κ2) is 5.85. The molecule has 0 N–H and O–H groups in total. The molecule has 0 saturated carbocycles. The van der Waals surface area contributed by atoms with Crippen molar-refractivity contribution in [3.05, 3.63) is 63.0 Å². The third-order valence-electron chi connectivity index (χ3n) is 3.46. The molecule has 0 bridgehead atoms. The van der Waals surface area contributed by atoms with Crippen molar-refractivity contribution in [2.24, 2.45) is 0 Å². The van der Waals surface area contributed by atoms with Gasteiger partial charge in [0.15, 0.2) is 18.1 Å². The van der Waals surface area contributed by atoms with Crippen molar-refractivity contribution in [2.75, 3.05) is 0 Å². The number of benzene rings is 1. The SMILES string of the molecule is Cc1nc(Cn2c([N+](=O)[O-])cnc2C)oc1-c1ccc(Cl)cc1. The van der Waals surface area contributed by atoms with Crippen LogP contribution in [0.5, 0.6) is 0 Å². The summed E-state index contributed by atoms with van der Waals surface area (Å²) in [4.78, 5) is 18.9. The molecule has 0 aliphatic rings. The smallest absolute Gasteiger partial charge is 0.343 e. The Labute approximate surface area is 136 Å². The summed E-state index contributed by atoms with van der Waals surface area (Å²) >= 11 is 5.88. The van der Waals surface area contributed by atoms with Crippen LogP contribution in [0.15, 0.2) is 34.9 Å². The fourth-order valence-electron chi connectivity index (χ4n) is 2.32. The maximum atomic E-state index is 11.0. The Hall–Kier alpha value is -2.67. The monoisotopic (exact) mass is 332 g/mol. The Bertz CT molecular complexity index is 867. The fraction of sp³-hybridized carbons (Fsp3) is 0.200. The summed E-state index contributed by atoms with van der Waals surface area (Å²) < 4.78 is 7.23. The maximum absolute atomic E-state index is 11.0. The van der Waals surface area contributed by atoms with Crippen molar-refractivity contribution in [1.29, 1.82) is 0 Å². The predicted octanol–water partition coefficient (Wildman–Crippen LogP) is 3.76. The number of nitrogens with zero attached hydrogens (tertiary/aromatic N) is 4. The van der Waals surface area contributed by atoms with Crippen LogP contribution >= 0.6 is 11.6 Å². The van der Waals surface area contributed by atoms with Crippen molar-refractivity contribution in [2.45, 2.75) is 20.4 Å². The van der Waals surface area contributed by atoms with E-state index in [1.807, 2.05) is 19.1 Å². The number of rotatable bonds is 4. The standard InChI is InChI=1S/C15H13ClN4O3/c1-9-15(11-3-5-12(16)6-4-11)23-13(18-9)8-19-10(2)17-7-14(19)20(21)22/h3-7H,8H2,1-2H3. The number of imidazole rings is 1. The zero-order valence-electron chi connectivity index (χ0n) is 12.5. The summed E-state index contributed by atoms with van der Waals surface area (Å²) in [5.41, 5.74) is 1.56. The topological polar surface area (TPSA) is 87.0 Å². The van der Waals surface area contributed by atoms with Gasteiger partial charge in [-0.15, -0.1) is 0 Å². The molecule has 0 unspecified atom stereocenters. The first-order valence-corrected chi connectivity index (χ1v) is 7.22. The molecule has 2 heterocycles. The summed E-state index contributed by atoms with van der Waals surface area (Å²) in [5.74, 6) is 1.45. The van der Waals surface area contributed by atoms with Crippen LogP contribution in [0.2, 0.25) is 5.02 Å². The Balaban J connectivity index is 1.94. The molecule has 3 aromatic rings. The van der Waals surface area contributed by atoms with E-state index in [2.05, 4.69) is 9.97 Å². The van der Waals surface area contributed by atoms with Gasteiger partial charge < -0.3 is 14.5 Å². The van der Waals surface area contributed by atoms with Gasteiger partial charge in [0.05, 0.1) is 5.69 Å². The first kappa shape index (κ1) is 15.2. The van der Waals surface area contributed by atoms with E-state index in [0.717, 1.165) is 5.56 Å². The summed E-state index contributed by atoms with van der Waals surface area (Å²) in [7, 11) is 0. The van der Waals surface area contributed by atoms with Gasteiger partial charge in [0, 0.05) is 17.5 Å². The van der Waals surface area contributed by atoms with E-state index in [1.54, 1.807) is 19.1 Å². The van der Waals surface area contributed by atoms with Crippen LogP contribution < -0.4 is 0 Å². The summed E-state index contributed by atoms with van der Waals surface area (Å²) in [6.45, 7) is 3.67. The first-order valence-electron chi connectivity index (χ1n) is 6.84. The molecule has 0 amide bonds. The molecule has 0 spiro atoms. The van der Waals surface area contributed by atoms with Gasteiger partial charge >= 0.3 is 5.82 Å². The molecule has 0 atom stereocenters. The highest BCUT2D eigenvalue weighted by Crippen LogP contribution is 2.27. The van der Waals surface area contributed by atoms with Gasteiger partial charge in [-0.3, -0.25) is 0 Å². The van der Waals surface area contributed by atoms with E-state index >= 15 is 0 Å². The van der Waals surface area contributed by atoms with Crippen LogP contribution in [0.4, 0.5) is 5.82 Å². The highest BCUT2D eigenvalue weighted by atomic mass is 35.5.